The van der Waals surface area contributed by atoms with Gasteiger partial charge >= 0.3 is 12.4 Å². The number of ether oxygens (including phenoxy) is 2. The minimum Gasteiger partial charge on any atom is -0.486 e. The van der Waals surface area contributed by atoms with Crippen molar-refractivity contribution in [1.29, 1.82) is 0 Å². The van der Waals surface area contributed by atoms with Crippen molar-refractivity contribution in [3.63, 3.8) is 0 Å². The second kappa shape index (κ2) is 8.34. The number of anilines is 1. The van der Waals surface area contributed by atoms with Crippen molar-refractivity contribution in [3.05, 3.63) is 77.4 Å². The van der Waals surface area contributed by atoms with Gasteiger partial charge in [0.1, 0.15) is 13.2 Å². The minimum atomic E-state index is -4.85. The zero-order chi connectivity index (χ0) is 23.8. The molecule has 33 heavy (non-hydrogen) atoms. The summed E-state index contributed by atoms with van der Waals surface area (Å²) in [6, 6.07) is 11.1. The van der Waals surface area contributed by atoms with Crippen molar-refractivity contribution >= 4 is 11.6 Å². The minimum absolute atomic E-state index is 0.0831. The van der Waals surface area contributed by atoms with E-state index < -0.39 is 35.0 Å². The van der Waals surface area contributed by atoms with Crippen LogP contribution in [0.3, 0.4) is 0 Å². The summed E-state index contributed by atoms with van der Waals surface area (Å²) in [6.07, 6.45) is -9.64. The Labute approximate surface area is 183 Å². The van der Waals surface area contributed by atoms with Crippen molar-refractivity contribution in [2.45, 2.75) is 12.4 Å². The first-order valence-electron chi connectivity index (χ1n) is 9.63. The number of rotatable bonds is 3. The Bertz CT molecular complexity index is 1190. The first-order chi connectivity index (χ1) is 15.5. The normalized spacial score (nSPS) is 13.5. The quantitative estimate of drug-likeness (QED) is 0.453. The van der Waals surface area contributed by atoms with Gasteiger partial charge in [-0.2, -0.15) is 26.3 Å². The molecule has 0 fully saturated rings. The third kappa shape index (κ3) is 4.74. The predicted octanol–water partition coefficient (Wildman–Crippen LogP) is 6.41. The lowest BCUT2D eigenvalue weighted by atomic mass is 9.96. The summed E-state index contributed by atoms with van der Waals surface area (Å²) in [5.41, 5.74) is -2.65. The lowest BCUT2D eigenvalue weighted by Crippen LogP contribution is -2.20. The molecule has 4 nitrogen and oxygen atoms in total. The van der Waals surface area contributed by atoms with Crippen LogP contribution in [0.2, 0.25) is 0 Å². The standard InChI is InChI=1S/C23H15F6NO3/c24-22(25,26)14-6-9-18(23(27,28)29)17(12-14)13-4-7-15(8-5-13)30-21(31)16-2-1-3-19-20(16)33-11-10-32-19/h1-9,12H,10-11H2,(H,30,31). The van der Waals surface area contributed by atoms with Gasteiger partial charge in [0.15, 0.2) is 11.5 Å². The van der Waals surface area contributed by atoms with Crippen LogP contribution in [0.4, 0.5) is 32.0 Å². The van der Waals surface area contributed by atoms with Gasteiger partial charge in [-0.15, -0.1) is 0 Å². The molecule has 0 saturated heterocycles. The highest BCUT2D eigenvalue weighted by atomic mass is 19.4. The van der Waals surface area contributed by atoms with Gasteiger partial charge in [0.05, 0.1) is 16.7 Å². The highest BCUT2D eigenvalue weighted by molar-refractivity contribution is 6.06. The van der Waals surface area contributed by atoms with Crippen molar-refractivity contribution in [2.75, 3.05) is 18.5 Å². The van der Waals surface area contributed by atoms with Crippen LogP contribution < -0.4 is 14.8 Å². The van der Waals surface area contributed by atoms with Crippen LogP contribution in [0.15, 0.2) is 60.7 Å². The van der Waals surface area contributed by atoms with Crippen LogP contribution >= 0.6 is 0 Å². The summed E-state index contributed by atoms with van der Waals surface area (Å²) >= 11 is 0. The Hall–Kier alpha value is -3.69. The predicted molar refractivity (Wildman–Crippen MR) is 107 cm³/mol. The Morgan fingerprint density at radius 1 is 0.818 bits per heavy atom. The average molecular weight is 467 g/mol. The Balaban J connectivity index is 1.62. The molecule has 0 saturated carbocycles. The van der Waals surface area contributed by atoms with Crippen LogP contribution in [0.5, 0.6) is 11.5 Å². The van der Waals surface area contributed by atoms with E-state index in [0.29, 0.717) is 30.6 Å². The van der Waals surface area contributed by atoms with E-state index in [2.05, 4.69) is 5.32 Å². The van der Waals surface area contributed by atoms with Crippen LogP contribution in [0.1, 0.15) is 21.5 Å². The highest BCUT2D eigenvalue weighted by Gasteiger charge is 2.37. The molecule has 0 bridgehead atoms. The number of amides is 1. The molecular formula is C23H15F6NO3. The van der Waals surface area contributed by atoms with Gasteiger partial charge in [-0.25, -0.2) is 0 Å². The van der Waals surface area contributed by atoms with Crippen LogP contribution in [-0.2, 0) is 12.4 Å². The number of hydrogen-bond donors (Lipinski definition) is 1. The van der Waals surface area contributed by atoms with Crippen molar-refractivity contribution in [1.82, 2.24) is 0 Å². The van der Waals surface area contributed by atoms with Gasteiger partial charge in [0, 0.05) is 5.69 Å². The van der Waals surface area contributed by atoms with Crippen LogP contribution in [0.25, 0.3) is 11.1 Å². The topological polar surface area (TPSA) is 47.6 Å². The van der Waals surface area contributed by atoms with E-state index in [1.165, 1.54) is 30.3 Å². The van der Waals surface area contributed by atoms with Crippen molar-refractivity contribution in [3.8, 4) is 22.6 Å². The van der Waals surface area contributed by atoms with E-state index in [-0.39, 0.29) is 29.2 Å². The molecule has 0 aromatic heterocycles. The fourth-order valence-electron chi connectivity index (χ4n) is 3.39. The largest absolute Gasteiger partial charge is 0.486 e. The zero-order valence-electron chi connectivity index (χ0n) is 16.7. The lowest BCUT2D eigenvalue weighted by Gasteiger charge is -2.20. The van der Waals surface area contributed by atoms with E-state index >= 15 is 0 Å². The maximum absolute atomic E-state index is 13.4. The number of para-hydroxylation sites is 1. The molecule has 1 heterocycles. The van der Waals surface area contributed by atoms with Crippen molar-refractivity contribution < 1.29 is 40.6 Å². The third-order valence-corrected chi connectivity index (χ3v) is 4.92. The molecular weight excluding hydrogens is 452 g/mol. The molecule has 1 amide bonds. The van der Waals surface area contributed by atoms with Gasteiger partial charge in [0.2, 0.25) is 0 Å². The number of carbonyl (C=O) groups excluding carboxylic acids is 1. The number of hydrogen-bond acceptors (Lipinski definition) is 3. The molecule has 0 spiro atoms. The fourth-order valence-corrected chi connectivity index (χ4v) is 3.39. The molecule has 10 heteroatoms. The maximum atomic E-state index is 13.4. The smallest absolute Gasteiger partial charge is 0.417 e. The third-order valence-electron chi connectivity index (χ3n) is 4.92. The second-order valence-electron chi connectivity index (χ2n) is 7.12. The molecule has 0 unspecified atom stereocenters. The Morgan fingerprint density at radius 2 is 1.52 bits per heavy atom. The SMILES string of the molecule is O=C(Nc1ccc(-c2cc(C(F)(F)F)ccc2C(F)(F)F)cc1)c1cccc2c1OCCO2. The van der Waals surface area contributed by atoms with Gasteiger partial charge < -0.3 is 14.8 Å². The average Bonchev–Trinajstić information content (AvgIpc) is 2.77. The maximum Gasteiger partial charge on any atom is 0.417 e. The van der Waals surface area contributed by atoms with E-state index in [4.69, 9.17) is 9.47 Å². The Kier molecular flexibility index (Phi) is 5.69. The zero-order valence-corrected chi connectivity index (χ0v) is 16.7. The molecule has 1 aliphatic rings. The van der Waals surface area contributed by atoms with Gasteiger partial charge in [-0.1, -0.05) is 18.2 Å². The summed E-state index contributed by atoms with van der Waals surface area (Å²) in [4.78, 5) is 12.7. The van der Waals surface area contributed by atoms with E-state index in [9.17, 15) is 31.1 Å². The fraction of sp³-hybridized carbons (Fsp3) is 0.174. The van der Waals surface area contributed by atoms with E-state index in [1.807, 2.05) is 0 Å². The van der Waals surface area contributed by atoms with E-state index in [0.717, 1.165) is 0 Å². The Morgan fingerprint density at radius 3 is 2.18 bits per heavy atom. The molecule has 0 radical (unpaired) electrons. The van der Waals surface area contributed by atoms with Gasteiger partial charge in [-0.05, 0) is 53.6 Å². The molecule has 1 N–H and O–H groups in total. The van der Waals surface area contributed by atoms with E-state index in [1.54, 1.807) is 12.1 Å². The lowest BCUT2D eigenvalue weighted by molar-refractivity contribution is -0.141. The number of benzene rings is 3. The van der Waals surface area contributed by atoms with Crippen molar-refractivity contribution in [2.24, 2.45) is 0 Å². The molecule has 4 rings (SSSR count). The van der Waals surface area contributed by atoms with Gasteiger partial charge in [0.25, 0.3) is 5.91 Å². The molecule has 3 aromatic carbocycles. The summed E-state index contributed by atoms with van der Waals surface area (Å²) < 4.78 is 90.2. The number of nitrogens with one attached hydrogen (secondary N) is 1. The number of carbonyl (C=O) groups is 1. The molecule has 0 aliphatic carbocycles. The van der Waals surface area contributed by atoms with Crippen LogP contribution in [-0.4, -0.2) is 19.1 Å². The van der Waals surface area contributed by atoms with Crippen LogP contribution in [0, 0.1) is 0 Å². The number of halogens is 6. The highest BCUT2D eigenvalue weighted by Crippen LogP contribution is 2.41. The first kappa shape index (κ1) is 22.5. The summed E-state index contributed by atoms with van der Waals surface area (Å²) in [6.45, 7) is 0.611. The number of fused-ring (bicyclic) bond motifs is 1. The monoisotopic (exact) mass is 467 g/mol. The molecule has 3 aromatic rings. The van der Waals surface area contributed by atoms with Gasteiger partial charge in [-0.3, -0.25) is 4.79 Å². The second-order valence-corrected chi connectivity index (χ2v) is 7.12. The summed E-state index contributed by atoms with van der Waals surface area (Å²) in [5.74, 6) is 0.144. The number of alkyl halides is 6. The summed E-state index contributed by atoms with van der Waals surface area (Å²) in [5, 5.41) is 2.59. The first-order valence-corrected chi connectivity index (χ1v) is 9.63. The summed E-state index contributed by atoms with van der Waals surface area (Å²) in [7, 11) is 0. The molecule has 172 valence electrons. The molecule has 1 aliphatic heterocycles. The molecule has 0 atom stereocenters.